The van der Waals surface area contributed by atoms with Gasteiger partial charge in [0, 0.05) is 32.9 Å². The molecule has 1 aromatic heterocycles. The Labute approximate surface area is 182 Å². The first-order valence-corrected chi connectivity index (χ1v) is 10.2. The number of pyridine rings is 1. The number of hydrogen-bond acceptors (Lipinski definition) is 6. The van der Waals surface area contributed by atoms with Crippen LogP contribution in [0.4, 0.5) is 4.39 Å². The van der Waals surface area contributed by atoms with Gasteiger partial charge in [-0.2, -0.15) is 0 Å². The monoisotopic (exact) mass is 431 g/mol. The summed E-state index contributed by atoms with van der Waals surface area (Å²) < 4.78 is 30.2. The van der Waals surface area contributed by atoms with Crippen LogP contribution in [0.5, 0.6) is 11.5 Å². The second kappa shape index (κ2) is 11.5. The molecule has 1 aromatic carbocycles. The molecular weight excluding hydrogens is 401 g/mol. The van der Waals surface area contributed by atoms with Crippen LogP contribution in [-0.4, -0.2) is 70.0 Å². The number of hydrogen-bond donors (Lipinski definition) is 2. The molecule has 31 heavy (non-hydrogen) atoms. The molecule has 9 heteroatoms. The molecule has 1 aliphatic heterocycles. The highest BCUT2D eigenvalue weighted by Crippen LogP contribution is 2.32. The molecule has 1 saturated heterocycles. The number of guanidine groups is 1. The van der Waals surface area contributed by atoms with Crippen LogP contribution >= 0.6 is 0 Å². The summed E-state index contributed by atoms with van der Waals surface area (Å²) in [5.41, 5.74) is 1.44. The summed E-state index contributed by atoms with van der Waals surface area (Å²) in [5.74, 6) is 1.60. The minimum Gasteiger partial charge on any atom is -0.493 e. The average molecular weight is 432 g/mol. The largest absolute Gasteiger partial charge is 0.493 e. The first kappa shape index (κ1) is 22.8. The lowest BCUT2D eigenvalue weighted by Crippen LogP contribution is -2.46. The van der Waals surface area contributed by atoms with Gasteiger partial charge < -0.3 is 24.8 Å². The second-order valence-corrected chi connectivity index (χ2v) is 7.02. The summed E-state index contributed by atoms with van der Waals surface area (Å²) in [7, 11) is 4.94. The first-order chi connectivity index (χ1) is 15.2. The zero-order valence-corrected chi connectivity index (χ0v) is 18.2. The Bertz CT molecular complexity index is 874. The van der Waals surface area contributed by atoms with Crippen LogP contribution < -0.4 is 20.1 Å². The maximum atomic E-state index is 13.9. The van der Waals surface area contributed by atoms with E-state index in [0.717, 1.165) is 18.7 Å². The molecule has 2 N–H and O–H groups in total. The zero-order chi connectivity index (χ0) is 22.1. The predicted octanol–water partition coefficient (Wildman–Crippen LogP) is 1.98. The van der Waals surface area contributed by atoms with Gasteiger partial charge in [-0.1, -0.05) is 6.07 Å². The summed E-state index contributed by atoms with van der Waals surface area (Å²) in [5, 5.41) is 6.48. The van der Waals surface area contributed by atoms with E-state index in [1.165, 1.54) is 6.07 Å². The van der Waals surface area contributed by atoms with Crippen molar-refractivity contribution < 1.29 is 18.6 Å². The van der Waals surface area contributed by atoms with E-state index in [0.29, 0.717) is 42.9 Å². The van der Waals surface area contributed by atoms with E-state index in [1.807, 2.05) is 18.2 Å². The molecule has 0 spiro atoms. The molecule has 0 aliphatic carbocycles. The van der Waals surface area contributed by atoms with Crippen molar-refractivity contribution in [3.63, 3.8) is 0 Å². The van der Waals surface area contributed by atoms with Gasteiger partial charge in [0.15, 0.2) is 17.5 Å². The zero-order valence-electron chi connectivity index (χ0n) is 18.2. The number of ether oxygens (including phenoxy) is 3. The predicted molar refractivity (Wildman–Crippen MR) is 117 cm³/mol. The number of morpholine rings is 1. The Morgan fingerprint density at radius 2 is 1.97 bits per heavy atom. The fourth-order valence-corrected chi connectivity index (χ4v) is 3.54. The van der Waals surface area contributed by atoms with Gasteiger partial charge in [0.05, 0.1) is 45.7 Å². The Hall–Kier alpha value is -2.91. The fraction of sp³-hybridized carbons (Fsp3) is 0.455. The lowest BCUT2D eigenvalue weighted by Gasteiger charge is -2.35. The van der Waals surface area contributed by atoms with Crippen molar-refractivity contribution in [2.75, 3.05) is 54.1 Å². The molecule has 168 valence electrons. The number of halogens is 1. The van der Waals surface area contributed by atoms with Crippen LogP contribution in [0.3, 0.4) is 0 Å². The van der Waals surface area contributed by atoms with Crippen molar-refractivity contribution in [1.29, 1.82) is 0 Å². The van der Waals surface area contributed by atoms with E-state index in [1.54, 1.807) is 33.5 Å². The van der Waals surface area contributed by atoms with Gasteiger partial charge in [-0.15, -0.1) is 0 Å². The number of aliphatic imine (C=N–C) groups is 1. The van der Waals surface area contributed by atoms with E-state index in [2.05, 4.69) is 25.5 Å². The van der Waals surface area contributed by atoms with Crippen LogP contribution in [0.1, 0.15) is 17.3 Å². The summed E-state index contributed by atoms with van der Waals surface area (Å²) in [6.45, 7) is 3.87. The maximum absolute atomic E-state index is 13.9. The highest BCUT2D eigenvalue weighted by atomic mass is 19.1. The molecule has 0 saturated carbocycles. The molecule has 0 bridgehead atoms. The number of nitrogens with zero attached hydrogens (tertiary/aromatic N) is 3. The molecule has 0 radical (unpaired) electrons. The highest BCUT2D eigenvalue weighted by Gasteiger charge is 2.24. The third-order valence-corrected chi connectivity index (χ3v) is 5.22. The SMILES string of the molecule is CN=C(NCc1ncccc1F)NCC(c1ccc(OC)c(OC)c1)N1CCOCC1. The number of benzene rings is 1. The van der Waals surface area contributed by atoms with E-state index < -0.39 is 0 Å². The topological polar surface area (TPSA) is 80.2 Å². The van der Waals surface area contributed by atoms with Crippen molar-refractivity contribution in [3.05, 3.63) is 53.6 Å². The van der Waals surface area contributed by atoms with Crippen molar-refractivity contribution in [2.24, 2.45) is 4.99 Å². The van der Waals surface area contributed by atoms with Crippen molar-refractivity contribution in [1.82, 2.24) is 20.5 Å². The van der Waals surface area contributed by atoms with Gasteiger partial charge in [-0.25, -0.2) is 4.39 Å². The summed E-state index contributed by atoms with van der Waals surface area (Å²) >= 11 is 0. The lowest BCUT2D eigenvalue weighted by atomic mass is 10.0. The minimum absolute atomic E-state index is 0.0637. The number of nitrogens with one attached hydrogen (secondary N) is 2. The highest BCUT2D eigenvalue weighted by molar-refractivity contribution is 5.79. The molecule has 2 heterocycles. The van der Waals surface area contributed by atoms with Gasteiger partial charge in [-0.05, 0) is 29.8 Å². The quantitative estimate of drug-likeness (QED) is 0.489. The number of aromatic nitrogens is 1. The van der Waals surface area contributed by atoms with Gasteiger partial charge >= 0.3 is 0 Å². The summed E-state index contributed by atoms with van der Waals surface area (Å²) in [4.78, 5) is 10.7. The average Bonchev–Trinajstić information content (AvgIpc) is 2.82. The van der Waals surface area contributed by atoms with Gasteiger partial charge in [0.25, 0.3) is 0 Å². The van der Waals surface area contributed by atoms with Gasteiger partial charge in [0.1, 0.15) is 5.82 Å². The molecule has 3 rings (SSSR count). The van der Waals surface area contributed by atoms with E-state index in [-0.39, 0.29) is 18.4 Å². The van der Waals surface area contributed by atoms with Crippen LogP contribution in [0.2, 0.25) is 0 Å². The van der Waals surface area contributed by atoms with Crippen molar-refractivity contribution >= 4 is 5.96 Å². The van der Waals surface area contributed by atoms with Crippen LogP contribution in [0.15, 0.2) is 41.5 Å². The lowest BCUT2D eigenvalue weighted by molar-refractivity contribution is 0.0169. The summed E-state index contributed by atoms with van der Waals surface area (Å²) in [6.07, 6.45) is 1.57. The third kappa shape index (κ3) is 6.05. The van der Waals surface area contributed by atoms with Gasteiger partial charge in [0.2, 0.25) is 0 Å². The Morgan fingerprint density at radius 1 is 1.19 bits per heavy atom. The molecule has 1 atom stereocenters. The molecule has 1 aliphatic rings. The smallest absolute Gasteiger partial charge is 0.191 e. The Morgan fingerprint density at radius 3 is 2.65 bits per heavy atom. The van der Waals surface area contributed by atoms with Crippen LogP contribution in [0, 0.1) is 5.82 Å². The molecular formula is C22H30FN5O3. The molecule has 0 amide bonds. The van der Waals surface area contributed by atoms with Gasteiger partial charge in [-0.3, -0.25) is 14.9 Å². The van der Waals surface area contributed by atoms with E-state index in [4.69, 9.17) is 14.2 Å². The molecule has 1 unspecified atom stereocenters. The number of methoxy groups -OCH3 is 2. The molecule has 8 nitrogen and oxygen atoms in total. The maximum Gasteiger partial charge on any atom is 0.191 e. The third-order valence-electron chi connectivity index (χ3n) is 5.22. The summed E-state index contributed by atoms with van der Waals surface area (Å²) in [6, 6.07) is 8.99. The van der Waals surface area contributed by atoms with E-state index >= 15 is 0 Å². The van der Waals surface area contributed by atoms with E-state index in [9.17, 15) is 4.39 Å². The van der Waals surface area contributed by atoms with Crippen LogP contribution in [0.25, 0.3) is 0 Å². The second-order valence-electron chi connectivity index (χ2n) is 7.02. The fourth-order valence-electron chi connectivity index (χ4n) is 3.54. The minimum atomic E-state index is -0.345. The van der Waals surface area contributed by atoms with Crippen molar-refractivity contribution in [2.45, 2.75) is 12.6 Å². The first-order valence-electron chi connectivity index (χ1n) is 10.2. The standard InChI is InChI=1S/C22H30FN5O3/c1-24-22(26-14-18-17(23)5-4-8-25-18)27-15-19(28-9-11-31-12-10-28)16-6-7-20(29-2)21(13-16)30-3/h4-8,13,19H,9-12,14-15H2,1-3H3,(H2,24,26,27). The molecule has 1 fully saturated rings. The Balaban J connectivity index is 1.71. The Kier molecular flexibility index (Phi) is 8.43. The number of rotatable bonds is 8. The van der Waals surface area contributed by atoms with Crippen LogP contribution in [-0.2, 0) is 11.3 Å². The normalized spacial score (nSPS) is 15.9. The molecule has 2 aromatic rings. The van der Waals surface area contributed by atoms with Crippen molar-refractivity contribution in [3.8, 4) is 11.5 Å².